The number of nitrogens with zero attached hydrogens (tertiary/aromatic N) is 2. The minimum atomic E-state index is -0.818. The number of halogens is 1. The SMILES string of the molecule is C=CC(=O)NCCCC[C@H](NC(=O)Cc1ccccc1Br)C(=O)N1CCN(C(=O)[C@H](Cc2ccccc2)NC(=O)c2cccc3ccccc23)CC1. The van der Waals surface area contributed by atoms with Crippen LogP contribution in [0.4, 0.5) is 0 Å². The third-order valence-corrected chi connectivity index (χ3v) is 9.94. The molecule has 270 valence electrons. The van der Waals surface area contributed by atoms with E-state index in [1.54, 1.807) is 15.9 Å². The maximum atomic E-state index is 14.1. The molecule has 2 atom stereocenters. The van der Waals surface area contributed by atoms with E-state index in [0.717, 1.165) is 26.4 Å². The first-order chi connectivity index (χ1) is 25.2. The van der Waals surface area contributed by atoms with E-state index >= 15 is 0 Å². The highest BCUT2D eigenvalue weighted by Crippen LogP contribution is 2.20. The molecular formula is C41H44BrN5O5. The Morgan fingerprint density at radius 1 is 0.731 bits per heavy atom. The van der Waals surface area contributed by atoms with Crippen LogP contribution in [0.2, 0.25) is 0 Å². The zero-order valence-corrected chi connectivity index (χ0v) is 30.6. The lowest BCUT2D eigenvalue weighted by molar-refractivity contribution is -0.142. The molecule has 3 N–H and O–H groups in total. The molecule has 0 radical (unpaired) electrons. The number of amides is 5. The molecule has 0 spiro atoms. The second-order valence-corrected chi connectivity index (χ2v) is 13.6. The Kier molecular flexibility index (Phi) is 13.7. The average Bonchev–Trinajstić information content (AvgIpc) is 3.17. The molecule has 52 heavy (non-hydrogen) atoms. The van der Waals surface area contributed by atoms with Gasteiger partial charge in [0.25, 0.3) is 5.91 Å². The van der Waals surface area contributed by atoms with Gasteiger partial charge in [-0.3, -0.25) is 24.0 Å². The lowest BCUT2D eigenvalue weighted by atomic mass is 10.0. The Balaban J connectivity index is 1.24. The second-order valence-electron chi connectivity index (χ2n) is 12.8. The summed E-state index contributed by atoms with van der Waals surface area (Å²) in [6.07, 6.45) is 3.24. The van der Waals surface area contributed by atoms with Crippen molar-refractivity contribution in [3.05, 3.63) is 131 Å². The van der Waals surface area contributed by atoms with Gasteiger partial charge in [0.1, 0.15) is 12.1 Å². The summed E-state index contributed by atoms with van der Waals surface area (Å²) in [6, 6.07) is 28.6. The molecule has 1 aliphatic rings. The number of nitrogens with one attached hydrogen (secondary N) is 3. The van der Waals surface area contributed by atoms with Crippen LogP contribution in [0.3, 0.4) is 0 Å². The number of hydrogen-bond donors (Lipinski definition) is 3. The van der Waals surface area contributed by atoms with Crippen LogP contribution in [0.15, 0.2) is 114 Å². The third-order valence-electron chi connectivity index (χ3n) is 9.17. The van der Waals surface area contributed by atoms with Crippen LogP contribution in [-0.2, 0) is 32.0 Å². The molecule has 1 fully saturated rings. The first-order valence-corrected chi connectivity index (χ1v) is 18.4. The smallest absolute Gasteiger partial charge is 0.252 e. The molecule has 0 aliphatic carbocycles. The van der Waals surface area contributed by atoms with Gasteiger partial charge in [-0.25, -0.2) is 0 Å². The topological polar surface area (TPSA) is 128 Å². The van der Waals surface area contributed by atoms with Crippen molar-refractivity contribution in [3.8, 4) is 0 Å². The van der Waals surface area contributed by atoms with Crippen LogP contribution >= 0.6 is 15.9 Å². The highest BCUT2D eigenvalue weighted by molar-refractivity contribution is 9.10. The maximum Gasteiger partial charge on any atom is 0.252 e. The molecule has 1 aliphatic heterocycles. The predicted octanol–water partition coefficient (Wildman–Crippen LogP) is 4.81. The summed E-state index contributed by atoms with van der Waals surface area (Å²) in [4.78, 5) is 69.7. The minimum absolute atomic E-state index is 0.107. The number of unbranched alkanes of at least 4 members (excludes halogenated alkanes) is 1. The molecule has 0 unspecified atom stereocenters. The van der Waals surface area contributed by atoms with Crippen molar-refractivity contribution in [1.29, 1.82) is 0 Å². The lowest BCUT2D eigenvalue weighted by Crippen LogP contribution is -2.58. The molecule has 11 heteroatoms. The molecule has 10 nitrogen and oxygen atoms in total. The van der Waals surface area contributed by atoms with Gasteiger partial charge < -0.3 is 25.8 Å². The second kappa shape index (κ2) is 18.8. The first kappa shape index (κ1) is 38.0. The largest absolute Gasteiger partial charge is 0.353 e. The maximum absolute atomic E-state index is 14.1. The van der Waals surface area contributed by atoms with E-state index in [0.29, 0.717) is 37.8 Å². The van der Waals surface area contributed by atoms with E-state index in [1.165, 1.54) is 6.08 Å². The monoisotopic (exact) mass is 765 g/mol. The van der Waals surface area contributed by atoms with Crippen LogP contribution < -0.4 is 16.0 Å². The molecule has 4 aromatic carbocycles. The summed E-state index contributed by atoms with van der Waals surface area (Å²) in [6.45, 7) is 5.02. The van der Waals surface area contributed by atoms with Crippen molar-refractivity contribution in [2.24, 2.45) is 0 Å². The summed E-state index contributed by atoms with van der Waals surface area (Å²) in [5, 5.41) is 10.4. The van der Waals surface area contributed by atoms with Crippen molar-refractivity contribution in [2.75, 3.05) is 32.7 Å². The zero-order chi connectivity index (χ0) is 36.9. The van der Waals surface area contributed by atoms with E-state index in [4.69, 9.17) is 0 Å². The highest BCUT2D eigenvalue weighted by Gasteiger charge is 2.33. The van der Waals surface area contributed by atoms with E-state index in [2.05, 4.69) is 38.5 Å². The van der Waals surface area contributed by atoms with Crippen LogP contribution in [-0.4, -0.2) is 84.1 Å². The van der Waals surface area contributed by atoms with Gasteiger partial charge in [-0.15, -0.1) is 0 Å². The quantitative estimate of drug-likeness (QED) is 0.118. The van der Waals surface area contributed by atoms with E-state index < -0.39 is 12.1 Å². The summed E-state index contributed by atoms with van der Waals surface area (Å²) in [7, 11) is 0. The third kappa shape index (κ3) is 10.4. The van der Waals surface area contributed by atoms with Gasteiger partial charge in [0, 0.05) is 49.2 Å². The molecule has 5 rings (SSSR count). The number of hydrogen-bond acceptors (Lipinski definition) is 5. The number of fused-ring (bicyclic) bond motifs is 1. The van der Waals surface area contributed by atoms with Crippen molar-refractivity contribution in [3.63, 3.8) is 0 Å². The Morgan fingerprint density at radius 2 is 1.37 bits per heavy atom. The molecular weight excluding hydrogens is 722 g/mol. The number of rotatable bonds is 15. The normalized spacial score (nSPS) is 13.9. The zero-order valence-electron chi connectivity index (χ0n) is 29.1. The van der Waals surface area contributed by atoms with Gasteiger partial charge in [-0.05, 0) is 59.4 Å². The molecule has 1 saturated heterocycles. The number of carbonyl (C=O) groups excluding carboxylic acids is 5. The molecule has 4 aromatic rings. The summed E-state index contributed by atoms with van der Waals surface area (Å²) in [5.74, 6) is -1.30. The van der Waals surface area contributed by atoms with Gasteiger partial charge in [0.05, 0.1) is 6.42 Å². The number of piperazine rings is 1. The van der Waals surface area contributed by atoms with Crippen molar-refractivity contribution in [1.82, 2.24) is 25.8 Å². The number of benzene rings is 4. The van der Waals surface area contributed by atoms with Crippen LogP contribution in [0, 0.1) is 0 Å². The summed E-state index contributed by atoms with van der Waals surface area (Å²) in [5.41, 5.74) is 2.22. The molecule has 0 aromatic heterocycles. The Morgan fingerprint density at radius 3 is 2.08 bits per heavy atom. The molecule has 0 bridgehead atoms. The lowest BCUT2D eigenvalue weighted by Gasteiger charge is -2.38. The standard InChI is InChI=1S/C41H44BrN5O5/c1-2-37(48)43-22-11-10-21-35(44-38(49)28-31-16-7-9-20-34(31)42)40(51)46-23-25-47(26-24-46)41(52)36(27-29-13-4-3-5-14-29)45-39(50)33-19-12-17-30-15-6-8-18-32(30)33/h2-9,12-20,35-36H,1,10-11,21-28H2,(H,43,48)(H,44,49)(H,45,50)/t35-,36-/m0/s1. The Hall–Kier alpha value is -5.29. The van der Waals surface area contributed by atoms with E-state index in [1.807, 2.05) is 91.0 Å². The molecule has 1 heterocycles. The minimum Gasteiger partial charge on any atom is -0.353 e. The van der Waals surface area contributed by atoms with Gasteiger partial charge in [-0.2, -0.15) is 0 Å². The fourth-order valence-electron chi connectivity index (χ4n) is 6.37. The molecule has 5 amide bonds. The van der Waals surface area contributed by atoms with Crippen molar-refractivity contribution < 1.29 is 24.0 Å². The highest BCUT2D eigenvalue weighted by atomic mass is 79.9. The van der Waals surface area contributed by atoms with Gasteiger partial charge in [-0.1, -0.05) is 107 Å². The van der Waals surface area contributed by atoms with Gasteiger partial charge in [0.2, 0.25) is 23.6 Å². The molecule has 0 saturated carbocycles. The summed E-state index contributed by atoms with van der Waals surface area (Å²) < 4.78 is 0.811. The van der Waals surface area contributed by atoms with E-state index in [9.17, 15) is 24.0 Å². The fraction of sp³-hybridized carbons (Fsp3) is 0.293. The predicted molar refractivity (Wildman–Crippen MR) is 205 cm³/mol. The van der Waals surface area contributed by atoms with Crippen LogP contribution in [0.5, 0.6) is 0 Å². The van der Waals surface area contributed by atoms with Crippen molar-refractivity contribution in [2.45, 2.75) is 44.2 Å². The summed E-state index contributed by atoms with van der Waals surface area (Å²) >= 11 is 3.49. The fourth-order valence-corrected chi connectivity index (χ4v) is 6.80. The Labute approximate surface area is 312 Å². The number of carbonyl (C=O) groups is 5. The average molecular weight is 767 g/mol. The van der Waals surface area contributed by atoms with E-state index in [-0.39, 0.29) is 62.1 Å². The van der Waals surface area contributed by atoms with Gasteiger partial charge >= 0.3 is 0 Å². The van der Waals surface area contributed by atoms with Crippen LogP contribution in [0.1, 0.15) is 40.7 Å². The first-order valence-electron chi connectivity index (χ1n) is 17.6. The van der Waals surface area contributed by atoms with Gasteiger partial charge in [0.15, 0.2) is 0 Å². The Bertz CT molecular complexity index is 1890. The van der Waals surface area contributed by atoms with Crippen molar-refractivity contribution >= 4 is 56.2 Å². The van der Waals surface area contributed by atoms with Crippen LogP contribution in [0.25, 0.3) is 10.8 Å².